The van der Waals surface area contributed by atoms with Crippen LogP contribution in [-0.2, 0) is 4.79 Å². The molecule has 0 unspecified atom stereocenters. The molecule has 0 saturated heterocycles. The minimum atomic E-state index is 0.148. The van der Waals surface area contributed by atoms with Crippen molar-refractivity contribution in [1.29, 1.82) is 0 Å². The van der Waals surface area contributed by atoms with Crippen LogP contribution >= 0.6 is 0 Å². The first-order valence-corrected chi connectivity index (χ1v) is 12.2. The third kappa shape index (κ3) is 3.30. The van der Waals surface area contributed by atoms with Crippen LogP contribution in [0.15, 0.2) is 0 Å². The zero-order valence-corrected chi connectivity index (χ0v) is 17.5. The van der Waals surface area contributed by atoms with E-state index in [1.807, 2.05) is 0 Å². The Morgan fingerprint density at radius 1 is 0.731 bits per heavy atom. The fourth-order valence-electron chi connectivity index (χ4n) is 7.73. The standard InChI is InChI=1S/C25H42O/c1-3-5-20-10-14-24(15-11-20)18-25(23(24)26)16-12-22(13-17-25)21-8-6-19(4-2)7-9-21/h19-22H,3-18H2,1-2H3/t19?,20?,21?,22-,24-,25-. The molecule has 0 aromatic carbocycles. The van der Waals surface area contributed by atoms with Crippen molar-refractivity contribution < 1.29 is 4.79 Å². The average molecular weight is 359 g/mol. The molecule has 2 spiro atoms. The molecule has 4 saturated carbocycles. The van der Waals surface area contributed by atoms with Gasteiger partial charge in [-0.05, 0) is 94.3 Å². The van der Waals surface area contributed by atoms with Crippen LogP contribution in [0.1, 0.15) is 117 Å². The lowest BCUT2D eigenvalue weighted by molar-refractivity contribution is -0.169. The molecular weight excluding hydrogens is 316 g/mol. The zero-order chi connectivity index (χ0) is 18.2. The second kappa shape index (κ2) is 7.59. The quantitative estimate of drug-likeness (QED) is 0.514. The molecule has 0 aliphatic heterocycles. The van der Waals surface area contributed by atoms with Crippen LogP contribution in [-0.4, -0.2) is 5.78 Å². The summed E-state index contributed by atoms with van der Waals surface area (Å²) < 4.78 is 0. The van der Waals surface area contributed by atoms with Crippen molar-refractivity contribution in [2.75, 3.05) is 0 Å². The zero-order valence-electron chi connectivity index (χ0n) is 17.5. The summed E-state index contributed by atoms with van der Waals surface area (Å²) in [6, 6.07) is 0. The summed E-state index contributed by atoms with van der Waals surface area (Å²) in [5.41, 5.74) is 0.297. The first-order valence-electron chi connectivity index (χ1n) is 12.2. The average Bonchev–Trinajstić information content (AvgIpc) is 2.70. The Labute approximate surface area is 162 Å². The predicted molar refractivity (Wildman–Crippen MR) is 109 cm³/mol. The maximum atomic E-state index is 13.3. The summed E-state index contributed by atoms with van der Waals surface area (Å²) in [6.45, 7) is 4.67. The molecule has 4 aliphatic rings. The van der Waals surface area contributed by atoms with Crippen molar-refractivity contribution in [2.45, 2.75) is 117 Å². The van der Waals surface area contributed by atoms with E-state index >= 15 is 0 Å². The first-order chi connectivity index (χ1) is 12.6. The second-order valence-corrected chi connectivity index (χ2v) is 10.8. The molecule has 0 radical (unpaired) electrons. The van der Waals surface area contributed by atoms with Gasteiger partial charge in [0, 0.05) is 10.8 Å². The van der Waals surface area contributed by atoms with Gasteiger partial charge < -0.3 is 0 Å². The van der Waals surface area contributed by atoms with Crippen LogP contribution in [0.5, 0.6) is 0 Å². The molecule has 26 heavy (non-hydrogen) atoms. The Morgan fingerprint density at radius 3 is 1.77 bits per heavy atom. The van der Waals surface area contributed by atoms with Crippen LogP contribution < -0.4 is 0 Å². The fraction of sp³-hybridized carbons (Fsp3) is 0.960. The molecule has 4 rings (SSSR count). The van der Waals surface area contributed by atoms with E-state index in [9.17, 15) is 4.79 Å². The minimum Gasteiger partial charge on any atom is -0.298 e. The lowest BCUT2D eigenvalue weighted by Crippen LogP contribution is -2.59. The molecule has 0 N–H and O–H groups in total. The van der Waals surface area contributed by atoms with E-state index in [4.69, 9.17) is 0 Å². The summed E-state index contributed by atoms with van der Waals surface area (Å²) in [5.74, 6) is 4.60. The molecule has 1 nitrogen and oxygen atoms in total. The van der Waals surface area contributed by atoms with Gasteiger partial charge in [-0.2, -0.15) is 0 Å². The summed E-state index contributed by atoms with van der Waals surface area (Å²) in [5, 5.41) is 0. The summed E-state index contributed by atoms with van der Waals surface area (Å²) in [7, 11) is 0. The van der Waals surface area contributed by atoms with E-state index in [0.29, 0.717) is 0 Å². The lowest BCUT2D eigenvalue weighted by atomic mass is 9.43. The molecule has 1 heteroatoms. The molecular formula is C25H42O. The summed E-state index contributed by atoms with van der Waals surface area (Å²) >= 11 is 0. The van der Waals surface area contributed by atoms with Gasteiger partial charge in [0.1, 0.15) is 5.78 Å². The summed E-state index contributed by atoms with van der Waals surface area (Å²) in [6.07, 6.45) is 21.6. The van der Waals surface area contributed by atoms with Crippen LogP contribution in [0, 0.1) is 34.5 Å². The normalized spacial score (nSPS) is 46.5. The molecule has 0 bridgehead atoms. The number of hydrogen-bond acceptors (Lipinski definition) is 1. The number of rotatable bonds is 4. The topological polar surface area (TPSA) is 17.1 Å². The minimum absolute atomic E-state index is 0.148. The number of carbonyl (C=O) groups is 1. The van der Waals surface area contributed by atoms with Gasteiger partial charge in [-0.25, -0.2) is 0 Å². The predicted octanol–water partition coefficient (Wildman–Crippen LogP) is 7.33. The van der Waals surface area contributed by atoms with Gasteiger partial charge in [0.25, 0.3) is 0 Å². The van der Waals surface area contributed by atoms with Gasteiger partial charge in [0.05, 0.1) is 0 Å². The highest BCUT2D eigenvalue weighted by Crippen LogP contribution is 2.64. The Morgan fingerprint density at radius 2 is 1.27 bits per heavy atom. The maximum Gasteiger partial charge on any atom is 0.145 e. The summed E-state index contributed by atoms with van der Waals surface area (Å²) in [4.78, 5) is 13.3. The number of hydrogen-bond donors (Lipinski definition) is 0. The number of Topliss-reactive ketones (excluding diaryl/α,β-unsaturated/α-hetero) is 1. The molecule has 0 aromatic rings. The number of ketones is 1. The van der Waals surface area contributed by atoms with Crippen LogP contribution in [0.4, 0.5) is 0 Å². The highest BCUT2D eigenvalue weighted by molar-refractivity contribution is 5.96. The van der Waals surface area contributed by atoms with Crippen molar-refractivity contribution in [2.24, 2.45) is 34.5 Å². The van der Waals surface area contributed by atoms with Crippen molar-refractivity contribution in [3.63, 3.8) is 0 Å². The van der Waals surface area contributed by atoms with E-state index in [1.54, 1.807) is 0 Å². The van der Waals surface area contributed by atoms with Crippen LogP contribution in [0.3, 0.4) is 0 Å². The molecule has 0 heterocycles. The molecule has 0 amide bonds. The largest absolute Gasteiger partial charge is 0.298 e. The molecule has 148 valence electrons. The van der Waals surface area contributed by atoms with E-state index in [1.165, 1.54) is 103 Å². The van der Waals surface area contributed by atoms with Crippen molar-refractivity contribution in [3.05, 3.63) is 0 Å². The second-order valence-electron chi connectivity index (χ2n) is 10.8. The SMILES string of the molecule is CCCC1CC[C@]2(CC1)C[C@@]1(CC[C@H](C3CCC(CC)CC3)CC1)C2=O. The molecule has 0 atom stereocenters. The first kappa shape index (κ1) is 19.0. The van der Waals surface area contributed by atoms with E-state index in [2.05, 4.69) is 13.8 Å². The Hall–Kier alpha value is -0.330. The van der Waals surface area contributed by atoms with E-state index in [-0.39, 0.29) is 10.8 Å². The Kier molecular flexibility index (Phi) is 5.55. The maximum absolute atomic E-state index is 13.3. The van der Waals surface area contributed by atoms with Gasteiger partial charge in [-0.1, -0.05) is 46.0 Å². The number of carbonyl (C=O) groups excluding carboxylic acids is 1. The monoisotopic (exact) mass is 358 g/mol. The fourth-order valence-corrected chi connectivity index (χ4v) is 7.73. The van der Waals surface area contributed by atoms with Gasteiger partial charge in [-0.15, -0.1) is 0 Å². The van der Waals surface area contributed by atoms with Crippen molar-refractivity contribution in [3.8, 4) is 0 Å². The van der Waals surface area contributed by atoms with Gasteiger partial charge >= 0.3 is 0 Å². The lowest BCUT2D eigenvalue weighted by Gasteiger charge is -2.59. The Bertz CT molecular complexity index is 482. The molecule has 4 fully saturated rings. The van der Waals surface area contributed by atoms with Gasteiger partial charge in [-0.3, -0.25) is 4.79 Å². The highest BCUT2D eigenvalue weighted by atomic mass is 16.1. The van der Waals surface area contributed by atoms with Gasteiger partial charge in [0.2, 0.25) is 0 Å². The van der Waals surface area contributed by atoms with Crippen molar-refractivity contribution >= 4 is 5.78 Å². The van der Waals surface area contributed by atoms with E-state index in [0.717, 1.165) is 29.5 Å². The molecule has 4 aliphatic carbocycles. The van der Waals surface area contributed by atoms with Gasteiger partial charge in [0.15, 0.2) is 0 Å². The van der Waals surface area contributed by atoms with E-state index < -0.39 is 0 Å². The molecule has 0 aromatic heterocycles. The highest BCUT2D eigenvalue weighted by Gasteiger charge is 2.63. The smallest absolute Gasteiger partial charge is 0.145 e. The third-order valence-corrected chi connectivity index (χ3v) is 9.52. The third-order valence-electron chi connectivity index (χ3n) is 9.52. The van der Waals surface area contributed by atoms with Crippen LogP contribution in [0.2, 0.25) is 0 Å². The van der Waals surface area contributed by atoms with Crippen LogP contribution in [0.25, 0.3) is 0 Å². The Balaban J connectivity index is 1.27. The van der Waals surface area contributed by atoms with Crippen molar-refractivity contribution in [1.82, 2.24) is 0 Å².